The topological polar surface area (TPSA) is 40.5 Å². The Kier molecular flexibility index (Phi) is 3.80. The Bertz CT molecular complexity index is 564. The number of hydrogen-bond acceptors (Lipinski definition) is 2. The summed E-state index contributed by atoms with van der Waals surface area (Å²) in [6, 6.07) is 0. The molecule has 0 aromatic rings. The predicted octanol–water partition coefficient (Wildman–Crippen LogP) is 4.84. The average molecular weight is 333 g/mol. The molecule has 0 aromatic heterocycles. The van der Waals surface area contributed by atoms with Crippen LogP contribution in [0.1, 0.15) is 85.5 Å². The molecule has 0 aliphatic heterocycles. The van der Waals surface area contributed by atoms with E-state index in [-0.39, 0.29) is 17.6 Å². The highest BCUT2D eigenvalue weighted by Crippen LogP contribution is 2.68. The van der Waals surface area contributed by atoms with Gasteiger partial charge in [-0.25, -0.2) is 0 Å². The van der Waals surface area contributed by atoms with Crippen LogP contribution < -0.4 is 0 Å². The van der Waals surface area contributed by atoms with Crippen molar-refractivity contribution in [2.24, 2.45) is 28.1 Å². The lowest BCUT2D eigenvalue weighted by Crippen LogP contribution is -2.55. The van der Waals surface area contributed by atoms with Crippen LogP contribution in [0.3, 0.4) is 0 Å². The molecule has 0 heterocycles. The third-order valence-electron chi connectivity index (χ3n) is 9.44. The van der Waals surface area contributed by atoms with E-state index in [0.717, 1.165) is 31.1 Å². The molecule has 0 amide bonds. The third-order valence-corrected chi connectivity index (χ3v) is 9.44. The van der Waals surface area contributed by atoms with Crippen molar-refractivity contribution in [1.82, 2.24) is 0 Å². The third kappa shape index (κ3) is 2.08. The second-order valence-electron chi connectivity index (χ2n) is 10.3. The lowest BCUT2D eigenvalue weighted by Gasteiger charge is -2.62. The molecule has 2 heteroatoms. The van der Waals surface area contributed by atoms with Gasteiger partial charge in [0.25, 0.3) is 0 Å². The molecule has 4 aliphatic rings. The number of rotatable bonds is 1. The van der Waals surface area contributed by atoms with Gasteiger partial charge in [0, 0.05) is 5.41 Å². The largest absolute Gasteiger partial charge is 0.393 e. The van der Waals surface area contributed by atoms with E-state index in [1.165, 1.54) is 38.5 Å². The summed E-state index contributed by atoms with van der Waals surface area (Å²) in [5.74, 6) is 1.54. The van der Waals surface area contributed by atoms with Gasteiger partial charge in [0.15, 0.2) is 0 Å². The Morgan fingerprint density at radius 2 is 1.75 bits per heavy atom. The number of fused-ring (bicyclic) bond motifs is 4. The van der Waals surface area contributed by atoms with E-state index in [2.05, 4.69) is 20.8 Å². The monoisotopic (exact) mass is 332 g/mol. The van der Waals surface area contributed by atoms with Gasteiger partial charge in [-0.1, -0.05) is 31.9 Å². The van der Waals surface area contributed by atoms with Crippen LogP contribution in [0.4, 0.5) is 0 Å². The molecule has 4 rings (SSSR count). The van der Waals surface area contributed by atoms with Gasteiger partial charge in [-0.15, -0.1) is 0 Å². The Morgan fingerprint density at radius 1 is 1.00 bits per heavy atom. The van der Waals surface area contributed by atoms with Crippen molar-refractivity contribution in [1.29, 1.82) is 0 Å². The van der Waals surface area contributed by atoms with Crippen molar-refractivity contribution in [3.05, 3.63) is 11.1 Å². The van der Waals surface area contributed by atoms with E-state index in [4.69, 9.17) is 0 Å². The highest BCUT2D eigenvalue weighted by atomic mass is 16.3. The van der Waals surface area contributed by atoms with E-state index < -0.39 is 0 Å². The minimum absolute atomic E-state index is 0.0325. The lowest BCUT2D eigenvalue weighted by atomic mass is 9.43. The summed E-state index contributed by atoms with van der Waals surface area (Å²) in [6.07, 6.45) is 10.3. The molecular formula is C22H36O2. The van der Waals surface area contributed by atoms with E-state index in [9.17, 15) is 10.2 Å². The van der Waals surface area contributed by atoms with Crippen molar-refractivity contribution >= 4 is 0 Å². The van der Waals surface area contributed by atoms with Gasteiger partial charge in [0.1, 0.15) is 0 Å². The van der Waals surface area contributed by atoms with Crippen LogP contribution >= 0.6 is 0 Å². The van der Waals surface area contributed by atoms with Gasteiger partial charge < -0.3 is 10.2 Å². The lowest BCUT2D eigenvalue weighted by molar-refractivity contribution is -0.130. The zero-order valence-electron chi connectivity index (χ0n) is 16.1. The first-order chi connectivity index (χ1) is 11.2. The molecule has 24 heavy (non-hydrogen) atoms. The summed E-state index contributed by atoms with van der Waals surface area (Å²) in [5.41, 5.74) is 4.10. The Hall–Kier alpha value is -0.340. The fraction of sp³-hybridized carbons (Fsp3) is 0.909. The molecule has 2 saturated carbocycles. The molecule has 2 nitrogen and oxygen atoms in total. The van der Waals surface area contributed by atoms with Crippen LogP contribution in [-0.2, 0) is 0 Å². The summed E-state index contributed by atoms with van der Waals surface area (Å²) < 4.78 is 0. The minimum atomic E-state index is -0.226. The smallest absolute Gasteiger partial charge is 0.0602 e. The standard InChI is InChI=1S/C22H36O2/c1-14(23)21(3)11-9-16-17-8-10-20(2)13-15(24)7-12-22(20,4)19(17)6-5-18(16)21/h14-15,17,19,23-24H,5-13H2,1-4H3/t14?,15-,17?,19?,20?,21+,22?/m1/s1. The van der Waals surface area contributed by atoms with Crippen molar-refractivity contribution in [2.45, 2.75) is 97.7 Å². The Labute approximate surface area is 147 Å². The summed E-state index contributed by atoms with van der Waals surface area (Å²) >= 11 is 0. The molecule has 0 radical (unpaired) electrons. The summed E-state index contributed by atoms with van der Waals surface area (Å²) in [6.45, 7) is 9.30. The maximum absolute atomic E-state index is 10.4. The SMILES string of the molecule is CC(O)[C@]1(C)CCC2=C1CCC1C2CCC2(C)C[C@H](O)CCC12C. The van der Waals surface area contributed by atoms with Gasteiger partial charge in [-0.3, -0.25) is 0 Å². The molecule has 5 unspecified atom stereocenters. The van der Waals surface area contributed by atoms with E-state index in [1.54, 1.807) is 11.1 Å². The summed E-state index contributed by atoms with van der Waals surface area (Å²) in [4.78, 5) is 0. The van der Waals surface area contributed by atoms with Crippen molar-refractivity contribution in [3.63, 3.8) is 0 Å². The number of allylic oxidation sites excluding steroid dienone is 1. The van der Waals surface area contributed by atoms with Crippen molar-refractivity contribution in [3.8, 4) is 0 Å². The zero-order valence-corrected chi connectivity index (χ0v) is 16.1. The predicted molar refractivity (Wildman–Crippen MR) is 97.6 cm³/mol. The quantitative estimate of drug-likeness (QED) is 0.674. The highest BCUT2D eigenvalue weighted by molar-refractivity contribution is 5.35. The molecule has 4 aliphatic carbocycles. The molecule has 0 saturated heterocycles. The summed E-state index contributed by atoms with van der Waals surface area (Å²) in [5, 5.41) is 20.7. The molecule has 0 bridgehead atoms. The molecular weight excluding hydrogens is 296 g/mol. The van der Waals surface area contributed by atoms with Crippen LogP contribution in [0.2, 0.25) is 0 Å². The highest BCUT2D eigenvalue weighted by Gasteiger charge is 2.59. The molecule has 7 atom stereocenters. The van der Waals surface area contributed by atoms with Crippen LogP contribution in [0.5, 0.6) is 0 Å². The molecule has 2 fully saturated rings. The Morgan fingerprint density at radius 3 is 2.46 bits per heavy atom. The van der Waals surface area contributed by atoms with E-state index >= 15 is 0 Å². The number of hydrogen-bond donors (Lipinski definition) is 2. The fourth-order valence-electron chi connectivity index (χ4n) is 7.38. The molecule has 0 spiro atoms. The van der Waals surface area contributed by atoms with Crippen LogP contribution in [0.15, 0.2) is 11.1 Å². The fourth-order valence-corrected chi connectivity index (χ4v) is 7.38. The van der Waals surface area contributed by atoms with E-state index in [1.807, 2.05) is 6.92 Å². The molecule has 0 aromatic carbocycles. The van der Waals surface area contributed by atoms with Gasteiger partial charge in [-0.05, 0) is 87.4 Å². The van der Waals surface area contributed by atoms with Crippen molar-refractivity contribution in [2.75, 3.05) is 0 Å². The molecule has 2 N–H and O–H groups in total. The normalized spacial score (nSPS) is 52.5. The second kappa shape index (κ2) is 5.33. The second-order valence-corrected chi connectivity index (χ2v) is 10.3. The first-order valence-corrected chi connectivity index (χ1v) is 10.3. The van der Waals surface area contributed by atoms with Crippen LogP contribution in [-0.4, -0.2) is 22.4 Å². The maximum atomic E-state index is 10.4. The van der Waals surface area contributed by atoms with Gasteiger partial charge in [0.2, 0.25) is 0 Å². The van der Waals surface area contributed by atoms with Gasteiger partial charge in [-0.2, -0.15) is 0 Å². The molecule has 136 valence electrons. The van der Waals surface area contributed by atoms with Gasteiger partial charge in [0.05, 0.1) is 12.2 Å². The first kappa shape index (κ1) is 17.1. The maximum Gasteiger partial charge on any atom is 0.0602 e. The van der Waals surface area contributed by atoms with Crippen LogP contribution in [0, 0.1) is 28.1 Å². The number of aliphatic hydroxyl groups is 2. The number of aliphatic hydroxyl groups excluding tert-OH is 2. The minimum Gasteiger partial charge on any atom is -0.393 e. The zero-order chi connectivity index (χ0) is 17.3. The van der Waals surface area contributed by atoms with Crippen molar-refractivity contribution < 1.29 is 10.2 Å². The van der Waals surface area contributed by atoms with E-state index in [0.29, 0.717) is 10.8 Å². The summed E-state index contributed by atoms with van der Waals surface area (Å²) in [7, 11) is 0. The Balaban J connectivity index is 1.69. The van der Waals surface area contributed by atoms with Crippen LogP contribution in [0.25, 0.3) is 0 Å². The first-order valence-electron chi connectivity index (χ1n) is 10.3. The average Bonchev–Trinajstić information content (AvgIpc) is 2.88. The van der Waals surface area contributed by atoms with Gasteiger partial charge >= 0.3 is 0 Å².